The fourth-order valence-corrected chi connectivity index (χ4v) is 2.63. The van der Waals surface area contributed by atoms with Crippen LogP contribution in [0.25, 0.3) is 0 Å². The minimum absolute atomic E-state index is 0.121. The summed E-state index contributed by atoms with van der Waals surface area (Å²) in [5.41, 5.74) is 2.37. The Morgan fingerprint density at radius 3 is 2.52 bits per heavy atom. The molecule has 0 aliphatic carbocycles. The fourth-order valence-electron chi connectivity index (χ4n) is 2.29. The monoisotopic (exact) mass is 306 g/mol. The molecule has 1 unspecified atom stereocenters. The second kappa shape index (κ2) is 6.14. The lowest BCUT2D eigenvalue weighted by molar-refractivity contribution is 0.451. The number of nitrogens with zero attached hydrogens (tertiary/aromatic N) is 1. The molecule has 4 nitrogen and oxygen atoms in total. The van der Waals surface area contributed by atoms with Crippen molar-refractivity contribution >= 4 is 23.0 Å². The van der Waals surface area contributed by atoms with Crippen LogP contribution in [0.1, 0.15) is 18.5 Å². The first-order valence-corrected chi connectivity index (χ1v) is 7.02. The molecule has 1 atom stereocenters. The number of phenolic OH excluding ortho intramolecular Hbond substituents is 2. The van der Waals surface area contributed by atoms with E-state index < -0.39 is 0 Å². The highest BCUT2D eigenvalue weighted by atomic mass is 35.5. The van der Waals surface area contributed by atoms with Crippen molar-refractivity contribution in [1.82, 2.24) is 0 Å². The minimum atomic E-state index is -0.186. The van der Waals surface area contributed by atoms with Gasteiger partial charge in [0.15, 0.2) is 0 Å². The van der Waals surface area contributed by atoms with Gasteiger partial charge in [-0.05, 0) is 37.3 Å². The van der Waals surface area contributed by atoms with Crippen molar-refractivity contribution in [1.29, 1.82) is 0 Å². The first-order chi connectivity index (χ1) is 9.90. The van der Waals surface area contributed by atoms with Crippen LogP contribution >= 0.6 is 11.6 Å². The Hall–Kier alpha value is -2.07. The van der Waals surface area contributed by atoms with Crippen molar-refractivity contribution in [3.8, 4) is 11.5 Å². The highest BCUT2D eigenvalue weighted by Crippen LogP contribution is 2.36. The molecule has 0 radical (unpaired) electrons. The predicted octanol–water partition coefficient (Wildman–Crippen LogP) is 3.99. The molecule has 0 spiro atoms. The number of halogens is 1. The molecule has 3 N–H and O–H groups in total. The number of rotatable bonds is 4. The molecular weight excluding hydrogens is 288 g/mol. The molecule has 0 aromatic heterocycles. The zero-order chi connectivity index (χ0) is 15.6. The molecule has 0 aliphatic heterocycles. The third kappa shape index (κ3) is 3.34. The highest BCUT2D eigenvalue weighted by molar-refractivity contribution is 6.34. The van der Waals surface area contributed by atoms with Gasteiger partial charge in [-0.3, -0.25) is 0 Å². The van der Waals surface area contributed by atoms with Gasteiger partial charge >= 0.3 is 0 Å². The highest BCUT2D eigenvalue weighted by Gasteiger charge is 2.15. The summed E-state index contributed by atoms with van der Waals surface area (Å²) < 4.78 is 0. The van der Waals surface area contributed by atoms with Crippen LogP contribution in [-0.2, 0) is 0 Å². The molecule has 21 heavy (non-hydrogen) atoms. The topological polar surface area (TPSA) is 55.7 Å². The summed E-state index contributed by atoms with van der Waals surface area (Å²) in [6.45, 7) is 1.91. The SMILES string of the molecule is CC(Nc1cccc(Cl)c1N(C)C)c1cc(O)ccc1O. The van der Waals surface area contributed by atoms with E-state index in [9.17, 15) is 10.2 Å². The molecule has 0 saturated carbocycles. The summed E-state index contributed by atoms with van der Waals surface area (Å²) >= 11 is 6.24. The van der Waals surface area contributed by atoms with Crippen LogP contribution in [0.15, 0.2) is 36.4 Å². The van der Waals surface area contributed by atoms with Crippen LogP contribution in [-0.4, -0.2) is 24.3 Å². The smallest absolute Gasteiger partial charge is 0.121 e. The van der Waals surface area contributed by atoms with Gasteiger partial charge in [-0.1, -0.05) is 17.7 Å². The van der Waals surface area contributed by atoms with Crippen LogP contribution in [0.4, 0.5) is 11.4 Å². The Morgan fingerprint density at radius 1 is 1.14 bits per heavy atom. The molecule has 2 aromatic carbocycles. The van der Waals surface area contributed by atoms with Crippen molar-refractivity contribution in [3.63, 3.8) is 0 Å². The zero-order valence-electron chi connectivity index (χ0n) is 12.3. The Kier molecular flexibility index (Phi) is 4.48. The largest absolute Gasteiger partial charge is 0.508 e. The van der Waals surface area contributed by atoms with Crippen LogP contribution < -0.4 is 10.2 Å². The lowest BCUT2D eigenvalue weighted by Gasteiger charge is -2.23. The van der Waals surface area contributed by atoms with Gasteiger partial charge in [0.1, 0.15) is 11.5 Å². The first kappa shape index (κ1) is 15.3. The summed E-state index contributed by atoms with van der Waals surface area (Å²) in [4.78, 5) is 1.93. The van der Waals surface area contributed by atoms with E-state index in [4.69, 9.17) is 11.6 Å². The van der Waals surface area contributed by atoms with E-state index in [0.717, 1.165) is 11.4 Å². The molecule has 112 valence electrons. The Bertz CT molecular complexity index is 644. The Labute approximate surface area is 129 Å². The average molecular weight is 307 g/mol. The van der Waals surface area contributed by atoms with Crippen molar-refractivity contribution in [2.24, 2.45) is 0 Å². The lowest BCUT2D eigenvalue weighted by atomic mass is 10.1. The summed E-state index contributed by atoms with van der Waals surface area (Å²) in [7, 11) is 3.84. The number of anilines is 2. The summed E-state index contributed by atoms with van der Waals surface area (Å²) in [6.07, 6.45) is 0. The maximum Gasteiger partial charge on any atom is 0.121 e. The number of hydrogen-bond acceptors (Lipinski definition) is 4. The van der Waals surface area contributed by atoms with Crippen LogP contribution in [0.2, 0.25) is 5.02 Å². The summed E-state index contributed by atoms with van der Waals surface area (Å²) in [6, 6.07) is 9.92. The second-order valence-electron chi connectivity index (χ2n) is 5.14. The summed E-state index contributed by atoms with van der Waals surface area (Å²) in [5.74, 6) is 0.261. The summed E-state index contributed by atoms with van der Waals surface area (Å²) in [5, 5.41) is 23.5. The number of phenols is 2. The van der Waals surface area contributed by atoms with Crippen LogP contribution in [0.3, 0.4) is 0 Å². The van der Waals surface area contributed by atoms with E-state index in [0.29, 0.717) is 10.6 Å². The van der Waals surface area contributed by atoms with Crippen molar-refractivity contribution in [2.75, 3.05) is 24.3 Å². The quantitative estimate of drug-likeness (QED) is 0.748. The standard InChI is InChI=1S/C16H19ClN2O2/c1-10(12-9-11(20)7-8-15(12)21)18-14-6-4-5-13(17)16(14)19(2)3/h4-10,18,20-21H,1-3H3. The minimum Gasteiger partial charge on any atom is -0.508 e. The zero-order valence-corrected chi connectivity index (χ0v) is 13.0. The third-order valence-electron chi connectivity index (χ3n) is 3.28. The molecule has 0 heterocycles. The fraction of sp³-hybridized carbons (Fsp3) is 0.250. The maximum atomic E-state index is 9.93. The lowest BCUT2D eigenvalue weighted by Crippen LogP contribution is -2.14. The number of aromatic hydroxyl groups is 2. The van der Waals surface area contributed by atoms with Crippen molar-refractivity contribution < 1.29 is 10.2 Å². The van der Waals surface area contributed by atoms with Crippen LogP contribution in [0.5, 0.6) is 11.5 Å². The van der Waals surface area contributed by atoms with Gasteiger partial charge in [-0.25, -0.2) is 0 Å². The third-order valence-corrected chi connectivity index (χ3v) is 3.59. The van der Waals surface area contributed by atoms with Gasteiger partial charge < -0.3 is 20.4 Å². The van der Waals surface area contributed by atoms with E-state index in [1.807, 2.05) is 44.1 Å². The molecule has 2 rings (SSSR count). The first-order valence-electron chi connectivity index (χ1n) is 6.64. The molecule has 0 amide bonds. The van der Waals surface area contributed by atoms with E-state index >= 15 is 0 Å². The molecule has 0 saturated heterocycles. The molecular formula is C16H19ClN2O2. The van der Waals surface area contributed by atoms with E-state index in [1.54, 1.807) is 6.07 Å². The van der Waals surface area contributed by atoms with Crippen molar-refractivity contribution in [3.05, 3.63) is 47.0 Å². The van der Waals surface area contributed by atoms with Gasteiger partial charge in [0, 0.05) is 19.7 Å². The number of nitrogens with one attached hydrogen (secondary N) is 1. The van der Waals surface area contributed by atoms with Crippen molar-refractivity contribution in [2.45, 2.75) is 13.0 Å². The molecule has 0 aliphatic rings. The van der Waals surface area contributed by atoms with E-state index in [-0.39, 0.29) is 17.5 Å². The van der Waals surface area contributed by atoms with Gasteiger partial charge in [0.2, 0.25) is 0 Å². The molecule has 5 heteroatoms. The molecule has 2 aromatic rings. The number of benzene rings is 2. The predicted molar refractivity (Wildman–Crippen MR) is 87.6 cm³/mol. The normalized spacial score (nSPS) is 12.0. The van der Waals surface area contributed by atoms with Crippen LogP contribution in [0, 0.1) is 0 Å². The number of para-hydroxylation sites is 1. The second-order valence-corrected chi connectivity index (χ2v) is 5.55. The van der Waals surface area contributed by atoms with E-state index in [1.165, 1.54) is 12.1 Å². The Balaban J connectivity index is 2.34. The molecule has 0 fully saturated rings. The Morgan fingerprint density at radius 2 is 1.86 bits per heavy atom. The average Bonchev–Trinajstić information content (AvgIpc) is 2.41. The number of hydrogen-bond donors (Lipinski definition) is 3. The van der Waals surface area contributed by atoms with E-state index in [2.05, 4.69) is 5.32 Å². The van der Waals surface area contributed by atoms with Gasteiger partial charge in [0.25, 0.3) is 0 Å². The molecule has 0 bridgehead atoms. The maximum absolute atomic E-state index is 9.93. The van der Waals surface area contributed by atoms with Gasteiger partial charge in [-0.2, -0.15) is 0 Å². The van der Waals surface area contributed by atoms with Gasteiger partial charge in [-0.15, -0.1) is 0 Å². The van der Waals surface area contributed by atoms with Gasteiger partial charge in [0.05, 0.1) is 22.4 Å².